The van der Waals surface area contributed by atoms with Crippen molar-refractivity contribution in [2.75, 3.05) is 0 Å². The Kier molecular flexibility index (Phi) is 31.0. The zero-order valence-corrected chi connectivity index (χ0v) is 68.4. The molecule has 3 saturated carbocycles. The third-order valence-electron chi connectivity index (χ3n) is 19.2. The second kappa shape index (κ2) is 41.5. The molecule has 0 radical (unpaired) electrons. The van der Waals surface area contributed by atoms with Crippen LogP contribution in [0.25, 0.3) is 0 Å². The number of benzene rings is 10. The standard InChI is InChI=1S/C31H32BrO4S.C30H32BrO4S.C30H26BrO4S/c1-21(32)31(34)36-29(28-19-22-12-13-23(28)18-22)20-30(33)35-24-14-16-27(17-15-24)37(25-8-4-2-5-9-25)26-10-6-3-7-11-26;2*1-22(31)30(33)35-28(23-11-5-2-6-12-23)21-29(32)34-24-17-19-27(20-18-24)36(25-13-7-3-8-14-25)26-15-9-4-10-16-26/h2-11,14-17,21-23,28-29H,12-13,18-20H2,1H3;3-4,7-10,13-20,22-23,28H,2,5-6,11-12,21H2,1H3;2-20,22,28H,21H2,1H3/q3*+1. The lowest BCUT2D eigenvalue weighted by atomic mass is 9.83. The van der Waals surface area contributed by atoms with Crippen LogP contribution < -0.4 is 14.2 Å². The van der Waals surface area contributed by atoms with Crippen molar-refractivity contribution in [1.82, 2.24) is 0 Å². The number of carbonyl (C=O) groups excluding carboxylic acids is 6. The zero-order chi connectivity index (χ0) is 76.4. The lowest BCUT2D eigenvalue weighted by molar-refractivity contribution is -0.157. The van der Waals surface area contributed by atoms with Gasteiger partial charge in [-0.2, -0.15) is 0 Å². The summed E-state index contributed by atoms with van der Waals surface area (Å²) in [6.45, 7) is 5.17. The molecule has 18 heteroatoms. The summed E-state index contributed by atoms with van der Waals surface area (Å²) < 4.78 is 34.1. The van der Waals surface area contributed by atoms with Gasteiger partial charge in [0.05, 0.1) is 51.9 Å². The summed E-state index contributed by atoms with van der Waals surface area (Å²) >= 11 is 9.80. The summed E-state index contributed by atoms with van der Waals surface area (Å²) in [5, 5.41) is 0. The highest BCUT2D eigenvalue weighted by molar-refractivity contribution is 9.10. The van der Waals surface area contributed by atoms with E-state index in [0.29, 0.717) is 29.1 Å². The van der Waals surface area contributed by atoms with Crippen LogP contribution in [0.1, 0.15) is 109 Å². The Balaban J connectivity index is 0.000000162. The first-order valence-corrected chi connectivity index (χ1v) is 43.5. The second-order valence-electron chi connectivity index (χ2n) is 27.1. The SMILES string of the molecule is CC(Br)C(=O)OC(CC(=O)Oc1ccc([S+](c2ccccc2)c2ccccc2)cc1)C1CC2CCC1C2.CC(Br)C(=O)OC(CC(=O)Oc1ccc([S+](c2ccccc2)c2ccccc2)cc1)C1CCCCC1.CC(Br)C(=O)OC(CC(=O)Oc1ccc([S+](c2ccccc2)c2ccccc2)cc1)c1ccccc1. The number of rotatable bonds is 27. The first-order valence-electron chi connectivity index (χ1n) is 37.0. The van der Waals surface area contributed by atoms with Gasteiger partial charge in [-0.3, -0.25) is 28.8 Å². The summed E-state index contributed by atoms with van der Waals surface area (Å²) in [7, 11) is -0.806. The molecule has 3 fully saturated rings. The van der Waals surface area contributed by atoms with Crippen LogP contribution in [0.15, 0.2) is 329 Å². The molecule has 0 aromatic heterocycles. The van der Waals surface area contributed by atoms with E-state index in [9.17, 15) is 28.8 Å². The van der Waals surface area contributed by atoms with Crippen LogP contribution in [-0.4, -0.2) is 62.5 Å². The van der Waals surface area contributed by atoms with Crippen LogP contribution in [0.4, 0.5) is 0 Å². The Hall–Kier alpha value is -8.49. The maximum Gasteiger partial charge on any atom is 0.320 e. The van der Waals surface area contributed by atoms with Crippen molar-refractivity contribution in [2.45, 2.75) is 175 Å². The molecule has 109 heavy (non-hydrogen) atoms. The fraction of sp³-hybridized carbons (Fsp3) is 0.275. The Labute approximate surface area is 674 Å². The van der Waals surface area contributed by atoms with Crippen molar-refractivity contribution < 1.29 is 57.2 Å². The molecule has 3 aliphatic carbocycles. The van der Waals surface area contributed by atoms with Crippen molar-refractivity contribution in [3.05, 3.63) is 291 Å². The quantitative estimate of drug-likeness (QED) is 0.0158. The highest BCUT2D eigenvalue weighted by Crippen LogP contribution is 2.51. The van der Waals surface area contributed by atoms with E-state index in [4.69, 9.17) is 28.4 Å². The maximum absolute atomic E-state index is 13.0. The average Bonchev–Trinajstić information content (AvgIpc) is 1.81. The molecule has 13 rings (SSSR count). The number of halogens is 3. The fourth-order valence-corrected chi connectivity index (χ4v) is 20.5. The number of hydrogen-bond donors (Lipinski definition) is 0. The number of hydrogen-bond acceptors (Lipinski definition) is 12. The molecule has 0 aliphatic heterocycles. The Morgan fingerprint density at radius 2 is 0.624 bits per heavy atom. The van der Waals surface area contributed by atoms with E-state index in [2.05, 4.69) is 169 Å². The summed E-state index contributed by atoms with van der Waals surface area (Å²) in [6.07, 6.45) is 8.41. The second-order valence-corrected chi connectivity index (χ2v) is 37.3. The van der Waals surface area contributed by atoms with E-state index in [0.717, 1.165) is 58.8 Å². The summed E-state index contributed by atoms with van der Waals surface area (Å²) in [5.41, 5.74) is 0.737. The topological polar surface area (TPSA) is 158 Å². The molecular weight excluding hydrogens is 1620 g/mol. The number of ether oxygens (including phenoxy) is 6. The van der Waals surface area contributed by atoms with E-state index >= 15 is 0 Å². The third kappa shape index (κ3) is 24.0. The van der Waals surface area contributed by atoms with Crippen LogP contribution in [0.5, 0.6) is 17.2 Å². The van der Waals surface area contributed by atoms with E-state index in [1.54, 1.807) is 20.8 Å². The fourth-order valence-electron chi connectivity index (χ4n) is 14.0. The van der Waals surface area contributed by atoms with E-state index in [-0.39, 0.29) is 87.7 Å². The molecule has 0 saturated heterocycles. The number of carbonyl (C=O) groups is 6. The van der Waals surface area contributed by atoms with Gasteiger partial charge in [0.2, 0.25) is 0 Å². The molecule has 3 aliphatic rings. The molecule has 9 unspecified atom stereocenters. The van der Waals surface area contributed by atoms with Gasteiger partial charge in [0.15, 0.2) is 44.1 Å². The number of alkyl halides is 3. The summed E-state index contributed by atoms with van der Waals surface area (Å²) in [4.78, 5) is 84.9. The molecule has 0 spiro atoms. The average molecular weight is 1710 g/mol. The lowest BCUT2D eigenvalue weighted by Gasteiger charge is -2.30. The molecule has 12 nitrogen and oxygen atoms in total. The van der Waals surface area contributed by atoms with Crippen molar-refractivity contribution >= 4 is 116 Å². The van der Waals surface area contributed by atoms with Crippen LogP contribution in [0, 0.1) is 23.7 Å². The predicted molar refractivity (Wildman–Crippen MR) is 441 cm³/mol. The van der Waals surface area contributed by atoms with Crippen molar-refractivity contribution in [2.24, 2.45) is 23.7 Å². The molecular formula is C91H90Br3O12S3+3. The van der Waals surface area contributed by atoms with Gasteiger partial charge in [0.25, 0.3) is 0 Å². The van der Waals surface area contributed by atoms with Crippen molar-refractivity contribution in [3.63, 3.8) is 0 Å². The van der Waals surface area contributed by atoms with Crippen LogP contribution in [0.2, 0.25) is 0 Å². The van der Waals surface area contributed by atoms with Crippen LogP contribution >= 0.6 is 47.8 Å². The molecule has 10 aromatic carbocycles. The third-order valence-corrected chi connectivity index (χ3v) is 27.0. The van der Waals surface area contributed by atoms with Gasteiger partial charge in [0, 0.05) is 0 Å². The van der Waals surface area contributed by atoms with Crippen LogP contribution in [0.3, 0.4) is 0 Å². The van der Waals surface area contributed by atoms with Gasteiger partial charge >= 0.3 is 35.8 Å². The van der Waals surface area contributed by atoms with E-state index in [1.807, 2.05) is 164 Å². The summed E-state index contributed by atoms with van der Waals surface area (Å²) in [5.74, 6) is 0.812. The lowest BCUT2D eigenvalue weighted by Crippen LogP contribution is -2.35. The first-order chi connectivity index (χ1) is 53.0. The molecule has 0 N–H and O–H groups in total. The van der Waals surface area contributed by atoms with Gasteiger partial charge < -0.3 is 28.4 Å². The number of esters is 6. The summed E-state index contributed by atoms with van der Waals surface area (Å²) in [6, 6.07) is 94.8. The molecule has 2 bridgehead atoms. The minimum Gasteiger partial charge on any atom is -0.461 e. The molecule has 10 aromatic rings. The highest BCUT2D eigenvalue weighted by Gasteiger charge is 2.46. The largest absolute Gasteiger partial charge is 0.461 e. The normalized spacial score (nSPS) is 16.8. The van der Waals surface area contributed by atoms with E-state index in [1.165, 1.54) is 48.6 Å². The minimum atomic E-state index is -0.729. The van der Waals surface area contributed by atoms with Gasteiger partial charge in [-0.05, 0) is 228 Å². The van der Waals surface area contributed by atoms with Gasteiger partial charge in [0.1, 0.15) is 50.0 Å². The molecule has 0 heterocycles. The van der Waals surface area contributed by atoms with Gasteiger partial charge in [-0.15, -0.1) is 0 Å². The minimum absolute atomic E-state index is 0.0658. The zero-order valence-electron chi connectivity index (χ0n) is 61.2. The maximum atomic E-state index is 13.0. The van der Waals surface area contributed by atoms with Crippen molar-refractivity contribution in [3.8, 4) is 17.2 Å². The number of fused-ring (bicyclic) bond motifs is 2. The monoisotopic (exact) mass is 1710 g/mol. The first kappa shape index (κ1) is 81.5. The Bertz CT molecular complexity index is 4370. The van der Waals surface area contributed by atoms with E-state index < -0.39 is 44.7 Å². The Morgan fingerprint density at radius 1 is 0.330 bits per heavy atom. The molecule has 9 atom stereocenters. The van der Waals surface area contributed by atoms with Crippen molar-refractivity contribution in [1.29, 1.82) is 0 Å². The smallest absolute Gasteiger partial charge is 0.320 e. The molecule has 0 amide bonds. The van der Waals surface area contributed by atoms with Gasteiger partial charge in [-0.25, -0.2) is 0 Å². The van der Waals surface area contributed by atoms with Crippen LogP contribution in [-0.2, 0) is 75.7 Å². The Morgan fingerprint density at radius 3 is 0.936 bits per heavy atom. The highest BCUT2D eigenvalue weighted by atomic mass is 79.9. The van der Waals surface area contributed by atoms with Gasteiger partial charge in [-0.1, -0.05) is 213 Å². The molecule has 562 valence electrons. The predicted octanol–water partition coefficient (Wildman–Crippen LogP) is 21.7.